The Balaban J connectivity index is 1.76. The monoisotopic (exact) mass is 211 g/mol. The van der Waals surface area contributed by atoms with Gasteiger partial charge in [-0.25, -0.2) is 0 Å². The number of nitrogens with zero attached hydrogens (tertiary/aromatic N) is 1. The maximum absolute atomic E-state index is 11.7. The van der Waals surface area contributed by atoms with E-state index in [9.17, 15) is 9.90 Å². The van der Waals surface area contributed by atoms with E-state index >= 15 is 0 Å². The second-order valence-corrected chi connectivity index (χ2v) is 5.35. The minimum atomic E-state index is -0.523. The van der Waals surface area contributed by atoms with E-state index in [0.29, 0.717) is 31.3 Å². The lowest BCUT2D eigenvalue weighted by atomic mass is 9.88. The van der Waals surface area contributed by atoms with Gasteiger partial charge in [-0.15, -0.1) is 0 Å². The first-order valence-corrected chi connectivity index (χ1v) is 6.05. The Kier molecular flexibility index (Phi) is 2.75. The van der Waals surface area contributed by atoms with Crippen LogP contribution in [0.2, 0.25) is 0 Å². The Labute approximate surface area is 91.5 Å². The molecule has 1 amide bonds. The highest BCUT2D eigenvalue weighted by Gasteiger charge is 2.53. The van der Waals surface area contributed by atoms with E-state index in [1.807, 2.05) is 4.90 Å². The number of carbonyl (C=O) groups is 1. The van der Waals surface area contributed by atoms with Crippen LogP contribution in [-0.4, -0.2) is 34.6 Å². The molecule has 2 aliphatic rings. The fourth-order valence-electron chi connectivity index (χ4n) is 2.24. The smallest absolute Gasteiger partial charge is 0.223 e. The van der Waals surface area contributed by atoms with Gasteiger partial charge in [-0.3, -0.25) is 4.79 Å². The van der Waals surface area contributed by atoms with E-state index in [4.69, 9.17) is 0 Å². The highest BCUT2D eigenvalue weighted by Crippen LogP contribution is 2.44. The van der Waals surface area contributed by atoms with Crippen LogP contribution in [0.1, 0.15) is 39.5 Å². The Morgan fingerprint density at radius 2 is 2.13 bits per heavy atom. The molecule has 1 N–H and O–H groups in total. The van der Waals surface area contributed by atoms with Crippen LogP contribution in [0.25, 0.3) is 0 Å². The summed E-state index contributed by atoms with van der Waals surface area (Å²) in [6.45, 7) is 5.36. The molecule has 0 aromatic rings. The third kappa shape index (κ3) is 2.17. The van der Waals surface area contributed by atoms with Crippen LogP contribution in [0.3, 0.4) is 0 Å². The maximum Gasteiger partial charge on any atom is 0.223 e. The van der Waals surface area contributed by atoms with Crippen LogP contribution in [0.4, 0.5) is 0 Å². The van der Waals surface area contributed by atoms with Crippen molar-refractivity contribution in [3.05, 3.63) is 0 Å². The number of aliphatic hydroxyl groups is 1. The first-order valence-electron chi connectivity index (χ1n) is 6.05. The average Bonchev–Trinajstić information content (AvgIpc) is 2.95. The van der Waals surface area contributed by atoms with E-state index in [-0.39, 0.29) is 5.91 Å². The number of likely N-dealkylation sites (tertiary alicyclic amines) is 1. The molecule has 1 atom stereocenters. The molecule has 1 aliphatic carbocycles. The lowest BCUT2D eigenvalue weighted by Gasteiger charge is -2.47. The van der Waals surface area contributed by atoms with Gasteiger partial charge in [0.15, 0.2) is 0 Å². The fraction of sp³-hybridized carbons (Fsp3) is 0.917. The molecule has 3 heteroatoms. The molecule has 3 nitrogen and oxygen atoms in total. The molecule has 1 unspecified atom stereocenters. The zero-order valence-electron chi connectivity index (χ0n) is 9.70. The van der Waals surface area contributed by atoms with Gasteiger partial charge < -0.3 is 10.0 Å². The van der Waals surface area contributed by atoms with Gasteiger partial charge in [-0.1, -0.05) is 20.3 Å². The predicted molar refractivity (Wildman–Crippen MR) is 58.3 cm³/mol. The van der Waals surface area contributed by atoms with Crippen molar-refractivity contribution in [3.63, 3.8) is 0 Å². The molecule has 1 saturated heterocycles. The van der Waals surface area contributed by atoms with Crippen molar-refractivity contribution in [2.45, 2.75) is 45.1 Å². The molecule has 1 saturated carbocycles. The zero-order valence-corrected chi connectivity index (χ0v) is 9.70. The molecule has 1 aliphatic heterocycles. The van der Waals surface area contributed by atoms with Crippen LogP contribution < -0.4 is 0 Å². The molecule has 0 spiro atoms. The zero-order chi connectivity index (χ0) is 11.1. The predicted octanol–water partition coefficient (Wildman–Crippen LogP) is 1.41. The molecular formula is C12H21NO2. The van der Waals surface area contributed by atoms with E-state index in [2.05, 4.69) is 13.8 Å². The van der Waals surface area contributed by atoms with Crippen LogP contribution in [0.5, 0.6) is 0 Å². The molecule has 2 fully saturated rings. The quantitative estimate of drug-likeness (QED) is 0.763. The number of rotatable bonds is 4. The van der Waals surface area contributed by atoms with Crippen molar-refractivity contribution >= 4 is 5.91 Å². The molecule has 86 valence electrons. The van der Waals surface area contributed by atoms with Gasteiger partial charge in [0.25, 0.3) is 0 Å². The second-order valence-electron chi connectivity index (χ2n) is 5.35. The standard InChI is InChI=1S/C12H21NO2/c1-3-9(2)6-11(14)13-7-12(15,8-13)10-4-5-10/h9-10,15H,3-8H2,1-2H3. The summed E-state index contributed by atoms with van der Waals surface area (Å²) < 4.78 is 0. The molecule has 0 radical (unpaired) electrons. The van der Waals surface area contributed by atoms with Crippen LogP contribution >= 0.6 is 0 Å². The van der Waals surface area contributed by atoms with E-state index < -0.39 is 5.60 Å². The third-order valence-corrected chi connectivity index (χ3v) is 3.84. The first-order chi connectivity index (χ1) is 7.05. The highest BCUT2D eigenvalue weighted by molar-refractivity contribution is 5.77. The van der Waals surface area contributed by atoms with Crippen LogP contribution in [-0.2, 0) is 4.79 Å². The molecule has 0 aromatic carbocycles. The Hall–Kier alpha value is -0.570. The highest BCUT2D eigenvalue weighted by atomic mass is 16.3. The molecule has 0 bridgehead atoms. The summed E-state index contributed by atoms with van der Waals surface area (Å²) >= 11 is 0. The Bertz CT molecular complexity index is 254. The average molecular weight is 211 g/mol. The summed E-state index contributed by atoms with van der Waals surface area (Å²) in [5.41, 5.74) is -0.523. The van der Waals surface area contributed by atoms with Crippen molar-refractivity contribution in [1.29, 1.82) is 0 Å². The first kappa shape index (κ1) is 10.9. The topological polar surface area (TPSA) is 40.5 Å². The largest absolute Gasteiger partial charge is 0.386 e. The van der Waals surface area contributed by atoms with Gasteiger partial charge in [-0.2, -0.15) is 0 Å². The molecule has 15 heavy (non-hydrogen) atoms. The van der Waals surface area contributed by atoms with Gasteiger partial charge in [0.2, 0.25) is 5.91 Å². The van der Waals surface area contributed by atoms with Crippen molar-refractivity contribution < 1.29 is 9.90 Å². The minimum absolute atomic E-state index is 0.217. The van der Waals surface area contributed by atoms with Gasteiger partial charge in [0, 0.05) is 6.42 Å². The van der Waals surface area contributed by atoms with E-state index in [1.54, 1.807) is 0 Å². The number of carbonyl (C=O) groups excluding carboxylic acids is 1. The van der Waals surface area contributed by atoms with Crippen molar-refractivity contribution in [1.82, 2.24) is 4.90 Å². The van der Waals surface area contributed by atoms with Gasteiger partial charge in [0.05, 0.1) is 13.1 Å². The number of hydrogen-bond acceptors (Lipinski definition) is 2. The summed E-state index contributed by atoms with van der Waals surface area (Å²) in [5, 5.41) is 10.1. The second kappa shape index (κ2) is 3.78. The summed E-state index contributed by atoms with van der Waals surface area (Å²) in [4.78, 5) is 13.6. The van der Waals surface area contributed by atoms with Gasteiger partial charge in [-0.05, 0) is 24.7 Å². The Morgan fingerprint density at radius 1 is 1.53 bits per heavy atom. The number of amides is 1. The third-order valence-electron chi connectivity index (χ3n) is 3.84. The molecule has 2 rings (SSSR count). The van der Waals surface area contributed by atoms with Crippen molar-refractivity contribution in [3.8, 4) is 0 Å². The fourth-order valence-corrected chi connectivity index (χ4v) is 2.24. The summed E-state index contributed by atoms with van der Waals surface area (Å²) in [7, 11) is 0. The summed E-state index contributed by atoms with van der Waals surface area (Å²) in [6.07, 6.45) is 3.97. The van der Waals surface area contributed by atoms with E-state index in [1.165, 1.54) is 0 Å². The number of hydrogen-bond donors (Lipinski definition) is 1. The normalized spacial score (nSPS) is 25.9. The van der Waals surface area contributed by atoms with Gasteiger partial charge in [0.1, 0.15) is 5.60 Å². The lowest BCUT2D eigenvalue weighted by Crippen LogP contribution is -2.64. The Morgan fingerprint density at radius 3 is 2.60 bits per heavy atom. The number of β-amino-alcohol motifs (C(OH)–C–C–N with tert-alkyl or cyclic N) is 1. The van der Waals surface area contributed by atoms with Crippen molar-refractivity contribution in [2.75, 3.05) is 13.1 Å². The van der Waals surface area contributed by atoms with Gasteiger partial charge >= 0.3 is 0 Å². The summed E-state index contributed by atoms with van der Waals surface area (Å²) in [5.74, 6) is 1.16. The van der Waals surface area contributed by atoms with E-state index in [0.717, 1.165) is 19.3 Å². The molecular weight excluding hydrogens is 190 g/mol. The van der Waals surface area contributed by atoms with Crippen LogP contribution in [0.15, 0.2) is 0 Å². The van der Waals surface area contributed by atoms with Crippen molar-refractivity contribution in [2.24, 2.45) is 11.8 Å². The summed E-state index contributed by atoms with van der Waals surface area (Å²) in [6, 6.07) is 0. The molecule has 0 aromatic heterocycles. The maximum atomic E-state index is 11.7. The SMILES string of the molecule is CCC(C)CC(=O)N1CC(O)(C2CC2)C1. The lowest BCUT2D eigenvalue weighted by molar-refractivity contribution is -0.160. The minimum Gasteiger partial charge on any atom is -0.386 e. The molecule has 1 heterocycles. The van der Waals surface area contributed by atoms with Crippen LogP contribution in [0, 0.1) is 11.8 Å².